The molecule has 0 bridgehead atoms. The lowest BCUT2D eigenvalue weighted by molar-refractivity contribution is 0.0296. The summed E-state index contributed by atoms with van der Waals surface area (Å²) in [5.41, 5.74) is 1.02. The number of likely N-dealkylation sites (tertiary alicyclic amines) is 2. The van der Waals surface area contributed by atoms with Gasteiger partial charge in [0, 0.05) is 49.3 Å². The van der Waals surface area contributed by atoms with Gasteiger partial charge in [-0.3, -0.25) is 14.7 Å². The van der Waals surface area contributed by atoms with Crippen LogP contribution in [0.1, 0.15) is 80.6 Å². The van der Waals surface area contributed by atoms with E-state index in [9.17, 15) is 0 Å². The van der Waals surface area contributed by atoms with Gasteiger partial charge in [0.1, 0.15) is 0 Å². The predicted octanol–water partition coefficient (Wildman–Crippen LogP) is 4.06. The lowest BCUT2D eigenvalue weighted by Gasteiger charge is -2.47. The number of piperazine rings is 1. The summed E-state index contributed by atoms with van der Waals surface area (Å²) < 4.78 is 0. The van der Waals surface area contributed by atoms with Crippen molar-refractivity contribution in [2.75, 3.05) is 52.4 Å². The molecule has 29 heavy (non-hydrogen) atoms. The number of hydrogen-bond acceptors (Lipinski definition) is 4. The third-order valence-electron chi connectivity index (χ3n) is 8.25. The second-order valence-electron chi connectivity index (χ2n) is 12.5. The third kappa shape index (κ3) is 6.18. The smallest absolute Gasteiger partial charge is 0.0157 e. The van der Waals surface area contributed by atoms with E-state index in [-0.39, 0.29) is 0 Å². The minimum absolute atomic E-state index is 0.328. The Bertz CT molecular complexity index is 507. The standard InChI is InChI=1S/C25H50N4/c1-23(2,3)29-15-10-22(20-29)19-25(6,7)27-13-8-21(9-14-27)18-24(4,5)28-16-11-26-12-17-28/h21-22,26H,8-20H2,1-7H3. The summed E-state index contributed by atoms with van der Waals surface area (Å²) in [7, 11) is 0. The zero-order chi connectivity index (χ0) is 21.3. The number of rotatable bonds is 6. The van der Waals surface area contributed by atoms with Crippen molar-refractivity contribution < 1.29 is 0 Å². The second-order valence-corrected chi connectivity index (χ2v) is 12.5. The van der Waals surface area contributed by atoms with E-state index in [2.05, 4.69) is 68.5 Å². The predicted molar refractivity (Wildman–Crippen MR) is 126 cm³/mol. The monoisotopic (exact) mass is 406 g/mol. The molecule has 0 spiro atoms. The molecule has 0 radical (unpaired) electrons. The van der Waals surface area contributed by atoms with Crippen molar-refractivity contribution >= 4 is 0 Å². The van der Waals surface area contributed by atoms with Crippen LogP contribution in [0, 0.1) is 11.8 Å². The fourth-order valence-electron chi connectivity index (χ4n) is 6.29. The molecule has 3 saturated heterocycles. The highest BCUT2D eigenvalue weighted by molar-refractivity contribution is 4.94. The number of nitrogens with zero attached hydrogens (tertiary/aromatic N) is 3. The van der Waals surface area contributed by atoms with E-state index in [1.54, 1.807) is 0 Å². The Kier molecular flexibility index (Phi) is 7.41. The average molecular weight is 407 g/mol. The van der Waals surface area contributed by atoms with Gasteiger partial charge in [-0.2, -0.15) is 0 Å². The number of piperidine rings is 1. The molecule has 0 saturated carbocycles. The summed E-state index contributed by atoms with van der Waals surface area (Å²) >= 11 is 0. The Labute approximate surface area is 181 Å². The molecule has 3 rings (SSSR count). The van der Waals surface area contributed by atoms with Crippen molar-refractivity contribution in [3.63, 3.8) is 0 Å². The molecule has 4 nitrogen and oxygen atoms in total. The van der Waals surface area contributed by atoms with Gasteiger partial charge in [-0.1, -0.05) is 0 Å². The maximum Gasteiger partial charge on any atom is 0.0157 e. The summed E-state index contributed by atoms with van der Waals surface area (Å²) in [6.07, 6.45) is 6.88. The first kappa shape index (κ1) is 23.5. The van der Waals surface area contributed by atoms with Gasteiger partial charge >= 0.3 is 0 Å². The van der Waals surface area contributed by atoms with Crippen molar-refractivity contribution in [3.8, 4) is 0 Å². The van der Waals surface area contributed by atoms with Crippen LogP contribution in [-0.2, 0) is 0 Å². The molecule has 170 valence electrons. The van der Waals surface area contributed by atoms with E-state index >= 15 is 0 Å². The minimum Gasteiger partial charge on any atom is -0.314 e. The fraction of sp³-hybridized carbons (Fsp3) is 1.00. The molecule has 0 aliphatic carbocycles. The average Bonchev–Trinajstić information content (AvgIpc) is 3.11. The molecule has 4 heteroatoms. The zero-order valence-corrected chi connectivity index (χ0v) is 20.7. The molecule has 3 aliphatic rings. The molecular weight excluding hydrogens is 356 g/mol. The van der Waals surface area contributed by atoms with Crippen LogP contribution < -0.4 is 5.32 Å². The first-order valence-electron chi connectivity index (χ1n) is 12.4. The van der Waals surface area contributed by atoms with Crippen molar-refractivity contribution in [3.05, 3.63) is 0 Å². The van der Waals surface area contributed by atoms with Crippen LogP contribution in [0.3, 0.4) is 0 Å². The maximum absolute atomic E-state index is 3.50. The van der Waals surface area contributed by atoms with Gasteiger partial charge in [0.05, 0.1) is 0 Å². The van der Waals surface area contributed by atoms with Gasteiger partial charge in [0.2, 0.25) is 0 Å². The molecule has 1 N–H and O–H groups in total. The third-order valence-corrected chi connectivity index (χ3v) is 8.25. The molecule has 0 aromatic carbocycles. The van der Waals surface area contributed by atoms with Crippen LogP contribution in [0.25, 0.3) is 0 Å². The van der Waals surface area contributed by atoms with Gasteiger partial charge in [-0.05, 0) is 112 Å². The molecule has 1 unspecified atom stereocenters. The largest absolute Gasteiger partial charge is 0.314 e. The Balaban J connectivity index is 1.45. The van der Waals surface area contributed by atoms with Crippen LogP contribution in [0.4, 0.5) is 0 Å². The summed E-state index contributed by atoms with van der Waals surface area (Å²) in [6, 6.07) is 0. The zero-order valence-electron chi connectivity index (χ0n) is 20.7. The fourth-order valence-corrected chi connectivity index (χ4v) is 6.29. The first-order valence-corrected chi connectivity index (χ1v) is 12.4. The summed E-state index contributed by atoms with van der Waals surface area (Å²) in [5, 5.41) is 3.50. The van der Waals surface area contributed by atoms with Crippen molar-refractivity contribution in [1.82, 2.24) is 20.0 Å². The SMILES string of the molecule is CC(C)(C)N1CCC(CC(C)(C)N2CCC(CC(C)(C)N3CCNCC3)CC2)C1. The molecule has 3 heterocycles. The van der Waals surface area contributed by atoms with Gasteiger partial charge < -0.3 is 5.32 Å². The van der Waals surface area contributed by atoms with Crippen molar-refractivity contribution in [1.29, 1.82) is 0 Å². The van der Waals surface area contributed by atoms with Crippen LogP contribution in [0.2, 0.25) is 0 Å². The maximum atomic E-state index is 3.50. The highest BCUT2D eigenvalue weighted by Crippen LogP contribution is 2.36. The quantitative estimate of drug-likeness (QED) is 0.718. The van der Waals surface area contributed by atoms with E-state index < -0.39 is 0 Å². The van der Waals surface area contributed by atoms with E-state index in [0.717, 1.165) is 24.9 Å². The molecule has 0 aromatic rings. The highest BCUT2D eigenvalue weighted by Gasteiger charge is 2.38. The van der Waals surface area contributed by atoms with Gasteiger partial charge in [-0.15, -0.1) is 0 Å². The number of nitrogens with one attached hydrogen (secondary N) is 1. The topological polar surface area (TPSA) is 21.8 Å². The molecule has 0 aromatic heterocycles. The Hall–Kier alpha value is -0.160. The van der Waals surface area contributed by atoms with Gasteiger partial charge in [-0.25, -0.2) is 0 Å². The van der Waals surface area contributed by atoms with E-state index in [1.807, 2.05) is 0 Å². The van der Waals surface area contributed by atoms with Crippen LogP contribution in [-0.4, -0.2) is 83.7 Å². The Morgan fingerprint density at radius 2 is 1.07 bits per heavy atom. The second kappa shape index (κ2) is 9.14. The summed E-state index contributed by atoms with van der Waals surface area (Å²) in [5.74, 6) is 1.77. The lowest BCUT2D eigenvalue weighted by Crippen LogP contribution is -2.55. The van der Waals surface area contributed by atoms with E-state index in [1.165, 1.54) is 71.4 Å². The molecular formula is C25H50N4. The summed E-state index contributed by atoms with van der Waals surface area (Å²) in [4.78, 5) is 8.24. The lowest BCUT2D eigenvalue weighted by atomic mass is 9.81. The van der Waals surface area contributed by atoms with Crippen LogP contribution >= 0.6 is 0 Å². The van der Waals surface area contributed by atoms with Gasteiger partial charge in [0.25, 0.3) is 0 Å². The highest BCUT2D eigenvalue weighted by atomic mass is 15.2. The molecule has 3 aliphatic heterocycles. The molecule has 0 amide bonds. The number of hydrogen-bond donors (Lipinski definition) is 1. The van der Waals surface area contributed by atoms with Gasteiger partial charge in [0.15, 0.2) is 0 Å². The molecule has 1 atom stereocenters. The first-order chi connectivity index (χ1) is 13.5. The van der Waals surface area contributed by atoms with Crippen LogP contribution in [0.5, 0.6) is 0 Å². The van der Waals surface area contributed by atoms with E-state index in [0.29, 0.717) is 16.6 Å². The van der Waals surface area contributed by atoms with Crippen LogP contribution in [0.15, 0.2) is 0 Å². The minimum atomic E-state index is 0.328. The normalized spacial score (nSPS) is 27.6. The van der Waals surface area contributed by atoms with Crippen molar-refractivity contribution in [2.24, 2.45) is 11.8 Å². The Morgan fingerprint density at radius 3 is 1.59 bits per heavy atom. The molecule has 3 fully saturated rings. The Morgan fingerprint density at radius 1 is 0.621 bits per heavy atom. The summed E-state index contributed by atoms with van der Waals surface area (Å²) in [6.45, 7) is 27.0. The van der Waals surface area contributed by atoms with E-state index in [4.69, 9.17) is 0 Å². The van der Waals surface area contributed by atoms with Crippen molar-refractivity contribution in [2.45, 2.75) is 97.2 Å².